The highest BCUT2D eigenvalue weighted by Crippen LogP contribution is 2.14. The zero-order valence-corrected chi connectivity index (χ0v) is 15.3. The first-order chi connectivity index (χ1) is 11.7. The van der Waals surface area contributed by atoms with Crippen molar-refractivity contribution in [2.45, 2.75) is 24.3 Å². The SMILES string of the molecule is C[C@H](NS(=O)(=O)c1ccc(Cl)cc1)C(=O)OCC(=O)N(C)CCC#N. The number of rotatable bonds is 8. The second-order valence-corrected chi connectivity index (χ2v) is 7.28. The van der Waals surface area contributed by atoms with Crippen LogP contribution >= 0.6 is 11.6 Å². The van der Waals surface area contributed by atoms with Gasteiger partial charge >= 0.3 is 5.97 Å². The number of hydrogen-bond acceptors (Lipinski definition) is 6. The molecule has 0 aliphatic heterocycles. The van der Waals surface area contributed by atoms with E-state index in [1.54, 1.807) is 0 Å². The van der Waals surface area contributed by atoms with Crippen molar-refractivity contribution in [1.82, 2.24) is 9.62 Å². The predicted molar refractivity (Wildman–Crippen MR) is 90.1 cm³/mol. The van der Waals surface area contributed by atoms with E-state index in [-0.39, 0.29) is 17.9 Å². The van der Waals surface area contributed by atoms with Gasteiger partial charge in [-0.2, -0.15) is 9.98 Å². The molecular formula is C15H18ClN3O5S. The molecule has 0 fully saturated rings. The molecule has 0 aliphatic carbocycles. The van der Waals surface area contributed by atoms with Crippen LogP contribution in [-0.4, -0.2) is 51.4 Å². The summed E-state index contributed by atoms with van der Waals surface area (Å²) in [7, 11) is -2.46. The number of ether oxygens (including phenoxy) is 1. The van der Waals surface area contributed by atoms with Crippen LogP contribution in [0.2, 0.25) is 5.02 Å². The molecule has 0 spiro atoms. The number of hydrogen-bond donors (Lipinski definition) is 1. The third kappa shape index (κ3) is 6.70. The summed E-state index contributed by atoms with van der Waals surface area (Å²) >= 11 is 5.70. The number of benzene rings is 1. The van der Waals surface area contributed by atoms with Crippen molar-refractivity contribution in [2.24, 2.45) is 0 Å². The standard InChI is InChI=1S/C15H18ClN3O5S/c1-11(15(21)24-10-14(20)19(2)9-3-8-17)18-25(22,23)13-6-4-12(16)5-7-13/h4-7,11,18H,3,9-10H2,1-2H3/t11-/m0/s1. The molecule has 8 nitrogen and oxygen atoms in total. The van der Waals surface area contributed by atoms with Crippen molar-refractivity contribution in [2.75, 3.05) is 20.2 Å². The van der Waals surface area contributed by atoms with Crippen molar-refractivity contribution in [3.63, 3.8) is 0 Å². The van der Waals surface area contributed by atoms with E-state index in [1.165, 1.54) is 43.1 Å². The molecule has 0 unspecified atom stereocenters. The largest absolute Gasteiger partial charge is 0.454 e. The van der Waals surface area contributed by atoms with Crippen molar-refractivity contribution < 1.29 is 22.7 Å². The number of nitrogens with one attached hydrogen (secondary N) is 1. The molecule has 136 valence electrons. The Kier molecular flexibility index (Phi) is 7.83. The summed E-state index contributed by atoms with van der Waals surface area (Å²) in [5, 5.41) is 8.84. The lowest BCUT2D eigenvalue weighted by Gasteiger charge is -2.17. The van der Waals surface area contributed by atoms with Gasteiger partial charge in [0.15, 0.2) is 6.61 Å². The van der Waals surface area contributed by atoms with Crippen LogP contribution in [0.4, 0.5) is 0 Å². The quantitative estimate of drug-likeness (QED) is 0.663. The van der Waals surface area contributed by atoms with Gasteiger partial charge < -0.3 is 9.64 Å². The minimum Gasteiger partial charge on any atom is -0.454 e. The molecule has 1 atom stereocenters. The molecule has 0 aromatic heterocycles. The Morgan fingerprint density at radius 2 is 1.96 bits per heavy atom. The smallest absolute Gasteiger partial charge is 0.324 e. The molecular weight excluding hydrogens is 370 g/mol. The number of esters is 1. The highest BCUT2D eigenvalue weighted by molar-refractivity contribution is 7.89. The van der Waals surface area contributed by atoms with Gasteiger partial charge in [-0.05, 0) is 31.2 Å². The van der Waals surface area contributed by atoms with Crippen LogP contribution in [0.5, 0.6) is 0 Å². The molecule has 1 amide bonds. The molecule has 0 radical (unpaired) electrons. The van der Waals surface area contributed by atoms with Gasteiger partial charge in [0.2, 0.25) is 10.0 Å². The van der Waals surface area contributed by atoms with Crippen LogP contribution in [0.3, 0.4) is 0 Å². The Hall–Kier alpha value is -2.15. The molecule has 0 saturated heterocycles. The van der Waals surface area contributed by atoms with E-state index in [1.807, 2.05) is 6.07 Å². The van der Waals surface area contributed by atoms with Gasteiger partial charge in [0.1, 0.15) is 6.04 Å². The van der Waals surface area contributed by atoms with E-state index >= 15 is 0 Å². The maximum atomic E-state index is 12.2. The first kappa shape index (κ1) is 20.9. The zero-order chi connectivity index (χ0) is 19.0. The number of halogens is 1. The Morgan fingerprint density at radius 3 is 2.52 bits per heavy atom. The zero-order valence-electron chi connectivity index (χ0n) is 13.7. The van der Waals surface area contributed by atoms with Gasteiger partial charge in [0.05, 0.1) is 17.4 Å². The molecule has 1 N–H and O–H groups in total. The lowest BCUT2D eigenvalue weighted by atomic mass is 10.4. The maximum Gasteiger partial charge on any atom is 0.324 e. The normalized spacial score (nSPS) is 12.1. The van der Waals surface area contributed by atoms with Crippen LogP contribution in [0.15, 0.2) is 29.2 Å². The topological polar surface area (TPSA) is 117 Å². The highest BCUT2D eigenvalue weighted by Gasteiger charge is 2.24. The van der Waals surface area contributed by atoms with E-state index in [2.05, 4.69) is 4.72 Å². The summed E-state index contributed by atoms with van der Waals surface area (Å²) in [6.07, 6.45) is 0.160. The Balaban J connectivity index is 2.58. The van der Waals surface area contributed by atoms with E-state index in [0.717, 1.165) is 0 Å². The fourth-order valence-corrected chi connectivity index (χ4v) is 2.99. The second-order valence-electron chi connectivity index (χ2n) is 5.13. The minimum absolute atomic E-state index is 0.0520. The van der Waals surface area contributed by atoms with Crippen molar-refractivity contribution in [3.05, 3.63) is 29.3 Å². The summed E-state index contributed by atoms with van der Waals surface area (Å²) in [5.74, 6) is -1.38. The second kappa shape index (κ2) is 9.36. The summed E-state index contributed by atoms with van der Waals surface area (Å²) in [5.41, 5.74) is 0. The molecule has 1 aromatic carbocycles. The average Bonchev–Trinajstić information content (AvgIpc) is 2.56. The Morgan fingerprint density at radius 1 is 1.36 bits per heavy atom. The number of nitriles is 1. The molecule has 1 rings (SSSR count). The molecule has 1 aromatic rings. The van der Waals surface area contributed by atoms with Gasteiger partial charge in [0, 0.05) is 18.6 Å². The Labute approximate surface area is 151 Å². The Bertz CT molecular complexity index is 758. The number of carbonyl (C=O) groups is 2. The van der Waals surface area contributed by atoms with Crippen LogP contribution < -0.4 is 4.72 Å². The predicted octanol–water partition coefficient (Wildman–Crippen LogP) is 0.922. The van der Waals surface area contributed by atoms with Crippen LogP contribution in [0, 0.1) is 11.3 Å². The summed E-state index contributed by atoms with van der Waals surface area (Å²) in [6.45, 7) is 0.985. The van der Waals surface area contributed by atoms with Crippen LogP contribution in [-0.2, 0) is 24.3 Å². The van der Waals surface area contributed by atoms with E-state index in [4.69, 9.17) is 21.6 Å². The molecule has 0 bridgehead atoms. The monoisotopic (exact) mass is 387 g/mol. The van der Waals surface area contributed by atoms with E-state index < -0.39 is 34.5 Å². The van der Waals surface area contributed by atoms with Crippen LogP contribution in [0.25, 0.3) is 0 Å². The van der Waals surface area contributed by atoms with Gasteiger partial charge in [0.25, 0.3) is 5.91 Å². The number of nitrogens with zero attached hydrogens (tertiary/aromatic N) is 2. The first-order valence-corrected chi connectivity index (χ1v) is 9.09. The van der Waals surface area contributed by atoms with Gasteiger partial charge in [-0.3, -0.25) is 9.59 Å². The van der Waals surface area contributed by atoms with E-state index in [9.17, 15) is 18.0 Å². The summed E-state index contributed by atoms with van der Waals surface area (Å²) < 4.78 is 31.3. The fourth-order valence-electron chi connectivity index (χ4n) is 1.67. The third-order valence-corrected chi connectivity index (χ3v) is 4.94. The minimum atomic E-state index is -3.93. The third-order valence-electron chi connectivity index (χ3n) is 3.13. The number of carbonyl (C=O) groups excluding carboxylic acids is 2. The number of sulfonamides is 1. The lowest BCUT2D eigenvalue weighted by molar-refractivity contribution is -0.152. The molecule has 0 aliphatic rings. The molecule has 0 heterocycles. The van der Waals surface area contributed by atoms with Crippen molar-refractivity contribution >= 4 is 33.5 Å². The lowest BCUT2D eigenvalue weighted by Crippen LogP contribution is -2.41. The molecule has 10 heteroatoms. The number of likely N-dealkylation sites (N-methyl/N-ethyl adjacent to an activating group) is 1. The summed E-state index contributed by atoms with van der Waals surface area (Å²) in [6, 6.07) is 6.14. The maximum absolute atomic E-state index is 12.2. The fraction of sp³-hybridized carbons (Fsp3) is 0.400. The number of amides is 1. The van der Waals surface area contributed by atoms with Gasteiger partial charge in [-0.15, -0.1) is 0 Å². The van der Waals surface area contributed by atoms with Gasteiger partial charge in [-0.1, -0.05) is 11.6 Å². The molecule has 25 heavy (non-hydrogen) atoms. The van der Waals surface area contributed by atoms with Crippen molar-refractivity contribution in [1.29, 1.82) is 5.26 Å². The van der Waals surface area contributed by atoms with E-state index in [0.29, 0.717) is 5.02 Å². The van der Waals surface area contributed by atoms with Crippen molar-refractivity contribution in [3.8, 4) is 6.07 Å². The highest BCUT2D eigenvalue weighted by atomic mass is 35.5. The summed E-state index contributed by atoms with van der Waals surface area (Å²) in [4.78, 5) is 24.8. The van der Waals surface area contributed by atoms with Gasteiger partial charge in [-0.25, -0.2) is 8.42 Å². The first-order valence-electron chi connectivity index (χ1n) is 7.23. The molecule has 0 saturated carbocycles. The average molecular weight is 388 g/mol. The van der Waals surface area contributed by atoms with Crippen LogP contribution in [0.1, 0.15) is 13.3 Å².